The third-order valence-corrected chi connectivity index (χ3v) is 6.11. The molecule has 0 aromatic rings. The molecule has 4 N–H and O–H groups in total. The highest BCUT2D eigenvalue weighted by Crippen LogP contribution is 2.41. The molecule has 1 aliphatic rings. The van der Waals surface area contributed by atoms with Gasteiger partial charge in [-0.2, -0.15) is 0 Å². The average molecular weight is 487 g/mol. The third kappa shape index (κ3) is 9.21. The zero-order valence-electron chi connectivity index (χ0n) is 20.6. The van der Waals surface area contributed by atoms with E-state index in [1.165, 1.54) is 0 Å². The van der Waals surface area contributed by atoms with Gasteiger partial charge in [0.15, 0.2) is 12.1 Å². The Balaban J connectivity index is 2.63. The lowest BCUT2D eigenvalue weighted by Gasteiger charge is -2.39. The number of nitrogens with one attached hydrogen (secondary N) is 2. The van der Waals surface area contributed by atoms with Crippen LogP contribution in [0, 0.1) is 5.41 Å². The molecule has 196 valence electrons. The molecule has 0 bridgehead atoms. The number of amides is 2. The van der Waals surface area contributed by atoms with Crippen molar-refractivity contribution in [1.82, 2.24) is 10.6 Å². The summed E-state index contributed by atoms with van der Waals surface area (Å²) in [7, 11) is 0. The summed E-state index contributed by atoms with van der Waals surface area (Å²) in [5.74, 6) is -2.96. The normalized spacial score (nSPS) is 16.0. The van der Waals surface area contributed by atoms with Gasteiger partial charge in [0.05, 0.1) is 26.4 Å². The largest absolute Gasteiger partial charge is 0.464 e. The molecule has 0 radical (unpaired) electrons. The summed E-state index contributed by atoms with van der Waals surface area (Å²) >= 11 is 0. The first-order valence-corrected chi connectivity index (χ1v) is 12.5. The third-order valence-electron chi connectivity index (χ3n) is 6.11. The highest BCUT2D eigenvalue weighted by Gasteiger charge is 2.52. The maximum Gasteiger partial charge on any atom is 0.331 e. The van der Waals surface area contributed by atoms with Gasteiger partial charge in [-0.25, -0.2) is 9.59 Å². The van der Waals surface area contributed by atoms with Crippen molar-refractivity contribution in [2.45, 2.75) is 96.6 Å². The van der Waals surface area contributed by atoms with Gasteiger partial charge in [0, 0.05) is 0 Å². The molecular formula is C24H42N2O8. The van der Waals surface area contributed by atoms with E-state index >= 15 is 0 Å². The highest BCUT2D eigenvalue weighted by molar-refractivity contribution is 6.07. The standard InChI is InChI=1S/C24H42N2O8/c1-3-5-7-9-14-33-20(29)18(16-27)25-22(31)24(12-11-13-24)23(32)26-19(17-28)21(30)34-15-10-8-6-4-2/h18-19,27-28H,3-17H2,1-2H3,(H,25,31)(H,26,32)/t18-,19-/m1/s1. The summed E-state index contributed by atoms with van der Waals surface area (Å²) in [5, 5.41) is 24.0. The van der Waals surface area contributed by atoms with E-state index in [0.29, 0.717) is 19.3 Å². The van der Waals surface area contributed by atoms with Crippen LogP contribution in [0.1, 0.15) is 84.5 Å². The number of aliphatic hydroxyl groups is 2. The first-order chi connectivity index (χ1) is 16.4. The minimum absolute atomic E-state index is 0.190. The van der Waals surface area contributed by atoms with Gasteiger partial charge < -0.3 is 30.3 Å². The predicted molar refractivity (Wildman–Crippen MR) is 125 cm³/mol. The molecule has 0 aromatic carbocycles. The SMILES string of the molecule is CCCCCCOC(=O)[C@@H](CO)NC(=O)C1(C(=O)N[C@H](CO)C(=O)OCCCCCC)CCC1. The second kappa shape index (κ2) is 16.4. The van der Waals surface area contributed by atoms with E-state index in [2.05, 4.69) is 24.5 Å². The Morgan fingerprint density at radius 3 is 1.44 bits per heavy atom. The molecule has 2 amide bonds. The summed E-state index contributed by atoms with van der Waals surface area (Å²) in [6.45, 7) is 3.18. The first kappa shape index (κ1) is 29.8. The smallest absolute Gasteiger partial charge is 0.331 e. The zero-order valence-corrected chi connectivity index (χ0v) is 20.6. The quantitative estimate of drug-likeness (QED) is 0.129. The van der Waals surface area contributed by atoms with E-state index in [-0.39, 0.29) is 26.1 Å². The van der Waals surface area contributed by atoms with Crippen LogP contribution in [-0.4, -0.2) is 72.5 Å². The minimum Gasteiger partial charge on any atom is -0.464 e. The highest BCUT2D eigenvalue weighted by atomic mass is 16.5. The molecule has 1 rings (SSSR count). The van der Waals surface area contributed by atoms with E-state index < -0.39 is 54.5 Å². The summed E-state index contributed by atoms with van der Waals surface area (Å²) in [5.41, 5.74) is -1.48. The molecule has 0 spiro atoms. The second-order valence-electron chi connectivity index (χ2n) is 8.81. The average Bonchev–Trinajstić information content (AvgIpc) is 2.79. The van der Waals surface area contributed by atoms with Crippen LogP contribution in [0.15, 0.2) is 0 Å². The van der Waals surface area contributed by atoms with Crippen LogP contribution in [0.3, 0.4) is 0 Å². The Hall–Kier alpha value is -2.20. The van der Waals surface area contributed by atoms with Crippen LogP contribution in [-0.2, 0) is 28.7 Å². The van der Waals surface area contributed by atoms with Crippen LogP contribution in [0.5, 0.6) is 0 Å². The Bertz CT molecular complexity index is 601. The van der Waals surface area contributed by atoms with Crippen molar-refractivity contribution in [2.75, 3.05) is 26.4 Å². The summed E-state index contributed by atoms with van der Waals surface area (Å²) in [4.78, 5) is 50.3. The molecule has 0 heterocycles. The molecule has 1 fully saturated rings. The molecule has 0 aromatic heterocycles. The fraction of sp³-hybridized carbons (Fsp3) is 0.833. The number of hydrogen-bond acceptors (Lipinski definition) is 8. The van der Waals surface area contributed by atoms with Gasteiger partial charge >= 0.3 is 11.9 Å². The van der Waals surface area contributed by atoms with Crippen molar-refractivity contribution in [3.05, 3.63) is 0 Å². The van der Waals surface area contributed by atoms with Gasteiger partial charge in [-0.15, -0.1) is 0 Å². The summed E-state index contributed by atoms with van der Waals surface area (Å²) in [6.07, 6.45) is 8.39. The number of rotatable bonds is 18. The molecule has 0 saturated heterocycles. The molecule has 0 aliphatic heterocycles. The lowest BCUT2D eigenvalue weighted by Crippen LogP contribution is -2.61. The van der Waals surface area contributed by atoms with E-state index in [0.717, 1.165) is 38.5 Å². The predicted octanol–water partition coefficient (Wildman–Crippen LogP) is 1.36. The van der Waals surface area contributed by atoms with Crippen molar-refractivity contribution in [3.8, 4) is 0 Å². The van der Waals surface area contributed by atoms with Crippen LogP contribution < -0.4 is 10.6 Å². The molecule has 34 heavy (non-hydrogen) atoms. The van der Waals surface area contributed by atoms with Crippen molar-refractivity contribution in [2.24, 2.45) is 5.41 Å². The zero-order chi connectivity index (χ0) is 25.4. The fourth-order valence-corrected chi connectivity index (χ4v) is 3.64. The second-order valence-corrected chi connectivity index (χ2v) is 8.81. The van der Waals surface area contributed by atoms with Crippen LogP contribution in [0.4, 0.5) is 0 Å². The minimum atomic E-state index is -1.48. The van der Waals surface area contributed by atoms with E-state index in [9.17, 15) is 29.4 Å². The number of carbonyl (C=O) groups excluding carboxylic acids is 4. The van der Waals surface area contributed by atoms with Crippen molar-refractivity contribution in [3.63, 3.8) is 0 Å². The van der Waals surface area contributed by atoms with Gasteiger partial charge in [0.25, 0.3) is 0 Å². The Morgan fingerprint density at radius 2 is 1.15 bits per heavy atom. The van der Waals surface area contributed by atoms with Gasteiger partial charge in [-0.3, -0.25) is 9.59 Å². The van der Waals surface area contributed by atoms with Gasteiger partial charge in [-0.05, 0) is 25.7 Å². The lowest BCUT2D eigenvalue weighted by atomic mass is 9.67. The Morgan fingerprint density at radius 1 is 0.735 bits per heavy atom. The number of hydrogen-bond donors (Lipinski definition) is 4. The monoisotopic (exact) mass is 486 g/mol. The molecule has 10 heteroatoms. The Kier molecular flexibility index (Phi) is 14.4. The number of aliphatic hydroxyl groups excluding tert-OH is 2. The van der Waals surface area contributed by atoms with E-state index in [1.807, 2.05) is 0 Å². The number of carbonyl (C=O) groups is 4. The molecule has 1 aliphatic carbocycles. The van der Waals surface area contributed by atoms with Crippen LogP contribution in [0.2, 0.25) is 0 Å². The topological polar surface area (TPSA) is 151 Å². The van der Waals surface area contributed by atoms with Crippen molar-refractivity contribution in [1.29, 1.82) is 0 Å². The fourth-order valence-electron chi connectivity index (χ4n) is 3.64. The van der Waals surface area contributed by atoms with Crippen LogP contribution >= 0.6 is 0 Å². The molecule has 2 atom stereocenters. The first-order valence-electron chi connectivity index (χ1n) is 12.5. The molecule has 0 unspecified atom stereocenters. The van der Waals surface area contributed by atoms with E-state index in [1.54, 1.807) is 0 Å². The number of unbranched alkanes of at least 4 members (excludes halogenated alkanes) is 6. The molecule has 1 saturated carbocycles. The molecular weight excluding hydrogens is 444 g/mol. The number of esters is 2. The Labute approximate surface area is 202 Å². The van der Waals surface area contributed by atoms with Gasteiger partial charge in [0.1, 0.15) is 5.41 Å². The maximum absolute atomic E-state index is 12.9. The van der Waals surface area contributed by atoms with Crippen molar-refractivity contribution < 1.29 is 38.9 Å². The van der Waals surface area contributed by atoms with Crippen LogP contribution in [0.25, 0.3) is 0 Å². The maximum atomic E-state index is 12.9. The molecule has 10 nitrogen and oxygen atoms in total. The van der Waals surface area contributed by atoms with Gasteiger partial charge in [-0.1, -0.05) is 58.8 Å². The number of ether oxygens (including phenoxy) is 2. The summed E-state index contributed by atoms with van der Waals surface area (Å²) in [6, 6.07) is -2.57. The van der Waals surface area contributed by atoms with Crippen molar-refractivity contribution >= 4 is 23.8 Å². The lowest BCUT2D eigenvalue weighted by molar-refractivity contribution is -0.158. The van der Waals surface area contributed by atoms with E-state index in [4.69, 9.17) is 9.47 Å². The van der Waals surface area contributed by atoms with Gasteiger partial charge in [0.2, 0.25) is 11.8 Å². The summed E-state index contributed by atoms with van der Waals surface area (Å²) < 4.78 is 10.3.